The highest BCUT2D eigenvalue weighted by atomic mass is 35.5. The van der Waals surface area contributed by atoms with Gasteiger partial charge in [-0.1, -0.05) is 29.8 Å². The number of aromatic amines is 1. The van der Waals surface area contributed by atoms with Gasteiger partial charge in [-0.2, -0.15) is 5.10 Å². The number of amides is 1. The minimum atomic E-state index is -3.71. The molecule has 0 atom stereocenters. The normalized spacial score (nSPS) is 11.3. The van der Waals surface area contributed by atoms with Crippen molar-refractivity contribution in [1.82, 2.24) is 14.9 Å². The Hall–Kier alpha value is -2.68. The van der Waals surface area contributed by atoms with E-state index in [1.807, 2.05) is 24.3 Å². The Balaban J connectivity index is 1.55. The lowest BCUT2D eigenvalue weighted by Crippen LogP contribution is -2.27. The minimum absolute atomic E-state index is 0.00587. The molecule has 0 fully saturated rings. The Morgan fingerprint density at radius 2 is 1.93 bits per heavy atom. The summed E-state index contributed by atoms with van der Waals surface area (Å²) in [6.45, 7) is -0.0269. The number of benzene rings is 2. The van der Waals surface area contributed by atoms with E-state index in [-0.39, 0.29) is 23.8 Å². The Labute approximate surface area is 161 Å². The predicted octanol–water partition coefficient (Wildman–Crippen LogP) is 3.04. The van der Waals surface area contributed by atoms with Crippen LogP contribution < -0.4 is 10.0 Å². The molecule has 0 spiro atoms. The van der Waals surface area contributed by atoms with E-state index in [0.717, 1.165) is 11.3 Å². The zero-order valence-electron chi connectivity index (χ0n) is 14.1. The number of carbonyl (C=O) groups is 1. The van der Waals surface area contributed by atoms with Crippen molar-refractivity contribution in [1.29, 1.82) is 0 Å². The number of nitrogens with zero attached hydrogens (tertiary/aromatic N) is 1. The second kappa shape index (κ2) is 8.34. The van der Waals surface area contributed by atoms with Crippen LogP contribution in [0, 0.1) is 0 Å². The van der Waals surface area contributed by atoms with Crippen LogP contribution in [0.25, 0.3) is 11.3 Å². The van der Waals surface area contributed by atoms with Crippen molar-refractivity contribution in [3.8, 4) is 11.3 Å². The van der Waals surface area contributed by atoms with Crippen LogP contribution in [0.2, 0.25) is 5.02 Å². The van der Waals surface area contributed by atoms with E-state index in [4.69, 9.17) is 11.6 Å². The largest absolute Gasteiger partial charge is 0.326 e. The summed E-state index contributed by atoms with van der Waals surface area (Å²) in [7, 11) is -3.71. The fourth-order valence-corrected chi connectivity index (χ4v) is 3.75. The molecule has 0 bridgehead atoms. The van der Waals surface area contributed by atoms with Crippen LogP contribution in [0.1, 0.15) is 6.42 Å². The molecule has 0 unspecified atom stereocenters. The highest BCUT2D eigenvalue weighted by Crippen LogP contribution is 2.20. The van der Waals surface area contributed by atoms with Gasteiger partial charge in [0, 0.05) is 35.4 Å². The van der Waals surface area contributed by atoms with Gasteiger partial charge in [0.2, 0.25) is 15.9 Å². The fraction of sp³-hybridized carbons (Fsp3) is 0.111. The van der Waals surface area contributed by atoms with E-state index in [1.165, 1.54) is 12.1 Å². The third-order valence-electron chi connectivity index (χ3n) is 3.71. The van der Waals surface area contributed by atoms with Gasteiger partial charge in [0.25, 0.3) is 0 Å². The van der Waals surface area contributed by atoms with Crippen molar-refractivity contribution in [3.63, 3.8) is 0 Å². The van der Waals surface area contributed by atoms with Crippen LogP contribution in [-0.2, 0) is 14.8 Å². The molecule has 0 saturated carbocycles. The van der Waals surface area contributed by atoms with Gasteiger partial charge >= 0.3 is 0 Å². The van der Waals surface area contributed by atoms with Gasteiger partial charge in [0.05, 0.1) is 10.6 Å². The summed E-state index contributed by atoms with van der Waals surface area (Å²) in [5.74, 6) is -0.300. The lowest BCUT2D eigenvalue weighted by molar-refractivity contribution is -0.116. The average Bonchev–Trinajstić information content (AvgIpc) is 3.16. The molecular formula is C18H17ClN4O3S. The van der Waals surface area contributed by atoms with Gasteiger partial charge in [0.15, 0.2) is 0 Å². The predicted molar refractivity (Wildman–Crippen MR) is 104 cm³/mol. The molecule has 0 aliphatic rings. The van der Waals surface area contributed by atoms with Crippen molar-refractivity contribution >= 4 is 33.2 Å². The molecule has 3 rings (SSSR count). The first kappa shape index (κ1) is 19.1. The number of H-pyrrole nitrogens is 1. The van der Waals surface area contributed by atoms with Crippen molar-refractivity contribution < 1.29 is 13.2 Å². The number of halogens is 1. The molecule has 0 radical (unpaired) electrons. The average molecular weight is 405 g/mol. The molecule has 7 nitrogen and oxygen atoms in total. The zero-order chi connectivity index (χ0) is 19.3. The molecule has 0 aliphatic heterocycles. The maximum Gasteiger partial charge on any atom is 0.240 e. The van der Waals surface area contributed by atoms with Crippen LogP contribution in [0.3, 0.4) is 0 Å². The van der Waals surface area contributed by atoms with Crippen molar-refractivity contribution in [2.24, 2.45) is 0 Å². The van der Waals surface area contributed by atoms with E-state index in [0.29, 0.717) is 10.7 Å². The second-order valence-corrected chi connectivity index (χ2v) is 7.91. The molecule has 1 heterocycles. The van der Waals surface area contributed by atoms with Gasteiger partial charge in [-0.25, -0.2) is 13.1 Å². The van der Waals surface area contributed by atoms with Crippen LogP contribution in [0.5, 0.6) is 0 Å². The number of nitrogens with one attached hydrogen (secondary N) is 3. The number of rotatable bonds is 7. The minimum Gasteiger partial charge on any atom is -0.326 e. The number of hydrogen-bond acceptors (Lipinski definition) is 4. The van der Waals surface area contributed by atoms with E-state index in [9.17, 15) is 13.2 Å². The third-order valence-corrected chi connectivity index (χ3v) is 5.40. The smallest absolute Gasteiger partial charge is 0.240 e. The van der Waals surface area contributed by atoms with Gasteiger partial charge in [0.1, 0.15) is 0 Å². The standard InChI is InChI=1S/C18H17ClN4O3S/c19-14-4-2-6-16(12-14)27(25,26)21-10-8-18(24)22-15-5-1-3-13(11-15)17-7-9-20-23-17/h1-7,9,11-12,21H,8,10H2,(H,20,23)(H,22,24). The highest BCUT2D eigenvalue weighted by molar-refractivity contribution is 7.89. The van der Waals surface area contributed by atoms with E-state index >= 15 is 0 Å². The van der Waals surface area contributed by atoms with E-state index in [2.05, 4.69) is 20.2 Å². The Morgan fingerprint density at radius 3 is 2.67 bits per heavy atom. The quantitative estimate of drug-likeness (QED) is 0.563. The summed E-state index contributed by atoms with van der Waals surface area (Å²) in [5.41, 5.74) is 2.33. The molecule has 1 aromatic heterocycles. The Morgan fingerprint density at radius 1 is 1.11 bits per heavy atom. The molecule has 1 amide bonds. The van der Waals surface area contributed by atoms with E-state index < -0.39 is 10.0 Å². The number of anilines is 1. The van der Waals surface area contributed by atoms with Gasteiger partial charge < -0.3 is 5.32 Å². The summed E-state index contributed by atoms with van der Waals surface area (Å²) < 4.78 is 26.8. The summed E-state index contributed by atoms with van der Waals surface area (Å²) in [6.07, 6.45) is 1.64. The van der Waals surface area contributed by atoms with Crippen LogP contribution in [-0.4, -0.2) is 31.1 Å². The number of hydrogen-bond donors (Lipinski definition) is 3. The van der Waals surface area contributed by atoms with Gasteiger partial charge in [-0.3, -0.25) is 9.89 Å². The maximum atomic E-state index is 12.2. The SMILES string of the molecule is O=C(CCNS(=O)(=O)c1cccc(Cl)c1)Nc1cccc(-c2ccn[nH]2)c1. The fourth-order valence-electron chi connectivity index (χ4n) is 2.42. The van der Waals surface area contributed by atoms with Crippen molar-refractivity contribution in [2.45, 2.75) is 11.3 Å². The number of sulfonamides is 1. The lowest BCUT2D eigenvalue weighted by Gasteiger charge is -2.09. The van der Waals surface area contributed by atoms with Crippen LogP contribution in [0.4, 0.5) is 5.69 Å². The Bertz CT molecular complexity index is 1040. The van der Waals surface area contributed by atoms with Crippen molar-refractivity contribution in [2.75, 3.05) is 11.9 Å². The number of carbonyl (C=O) groups excluding carboxylic acids is 1. The third kappa shape index (κ3) is 5.16. The first-order valence-corrected chi connectivity index (χ1v) is 9.95. The topological polar surface area (TPSA) is 104 Å². The molecule has 0 saturated heterocycles. The molecule has 3 N–H and O–H groups in total. The molecular weight excluding hydrogens is 388 g/mol. The highest BCUT2D eigenvalue weighted by Gasteiger charge is 2.14. The van der Waals surface area contributed by atoms with Crippen LogP contribution >= 0.6 is 11.6 Å². The molecule has 27 heavy (non-hydrogen) atoms. The molecule has 3 aromatic rings. The number of aromatic nitrogens is 2. The van der Waals surface area contributed by atoms with E-state index in [1.54, 1.807) is 24.4 Å². The molecule has 0 aliphatic carbocycles. The first-order chi connectivity index (χ1) is 12.9. The molecule has 2 aromatic carbocycles. The van der Waals surface area contributed by atoms with Gasteiger partial charge in [-0.15, -0.1) is 0 Å². The maximum absolute atomic E-state index is 12.2. The summed E-state index contributed by atoms with van der Waals surface area (Å²) in [5, 5.41) is 9.83. The molecule has 140 valence electrons. The monoisotopic (exact) mass is 404 g/mol. The molecule has 9 heteroatoms. The van der Waals surface area contributed by atoms with Crippen LogP contribution in [0.15, 0.2) is 65.7 Å². The van der Waals surface area contributed by atoms with Crippen molar-refractivity contribution in [3.05, 3.63) is 65.8 Å². The first-order valence-electron chi connectivity index (χ1n) is 8.09. The van der Waals surface area contributed by atoms with Gasteiger partial charge in [-0.05, 0) is 36.4 Å². The zero-order valence-corrected chi connectivity index (χ0v) is 15.7. The lowest BCUT2D eigenvalue weighted by atomic mass is 10.1. The second-order valence-electron chi connectivity index (χ2n) is 5.70. The Kier molecular flexibility index (Phi) is 5.90. The summed E-state index contributed by atoms with van der Waals surface area (Å²) in [6, 6.07) is 15.0. The summed E-state index contributed by atoms with van der Waals surface area (Å²) in [4.78, 5) is 12.2. The summed E-state index contributed by atoms with van der Waals surface area (Å²) >= 11 is 5.81.